The van der Waals surface area contributed by atoms with Crippen LogP contribution in [0.2, 0.25) is 0 Å². The second-order valence-corrected chi connectivity index (χ2v) is 6.89. The highest BCUT2D eigenvalue weighted by Crippen LogP contribution is 2.30. The van der Waals surface area contributed by atoms with Crippen molar-refractivity contribution in [2.45, 2.75) is 19.8 Å². The van der Waals surface area contributed by atoms with Crippen molar-refractivity contribution in [2.24, 2.45) is 0 Å². The van der Waals surface area contributed by atoms with Crippen LogP contribution >= 0.6 is 0 Å². The highest BCUT2D eigenvalue weighted by molar-refractivity contribution is 5.78. The molecule has 6 heteroatoms. The lowest BCUT2D eigenvalue weighted by Crippen LogP contribution is -2.25. The van der Waals surface area contributed by atoms with Gasteiger partial charge in [-0.3, -0.25) is 4.98 Å². The van der Waals surface area contributed by atoms with E-state index in [2.05, 4.69) is 24.0 Å². The minimum atomic E-state index is -0.938. The van der Waals surface area contributed by atoms with Crippen molar-refractivity contribution in [1.82, 2.24) is 9.97 Å². The monoisotopic (exact) mass is 405 g/mol. The Morgan fingerprint density at radius 3 is 2.20 bits per heavy atom. The summed E-state index contributed by atoms with van der Waals surface area (Å²) in [4.78, 5) is 22.4. The molecule has 0 atom stereocenters. The maximum absolute atomic E-state index is 10.5. The Balaban J connectivity index is 1.78. The molecule has 3 rings (SSSR count). The first-order valence-electron chi connectivity index (χ1n) is 10.2. The molecule has 0 aliphatic heterocycles. The molecule has 0 aliphatic rings. The van der Waals surface area contributed by atoms with Gasteiger partial charge < -0.3 is 14.7 Å². The number of anilines is 1. The topological polar surface area (TPSA) is 75.5 Å². The molecule has 0 fully saturated rings. The number of rotatable bonds is 11. The SMILES string of the molecule is CCN(CCCCOCC(=O)O)c1cnc(-c2ccccc2)c(-c2ccccc2)n1. The Bertz CT molecular complexity index is 933. The van der Waals surface area contributed by atoms with E-state index in [-0.39, 0.29) is 6.61 Å². The van der Waals surface area contributed by atoms with Crippen molar-refractivity contribution in [3.8, 4) is 22.5 Å². The molecule has 0 unspecified atom stereocenters. The standard InChI is InChI=1S/C24H27N3O3/c1-2-27(15-9-10-16-30-18-22(28)29)21-17-25-23(19-11-5-3-6-12-19)24(26-21)20-13-7-4-8-14-20/h3-8,11-14,17H,2,9-10,15-16,18H2,1H3,(H,28,29). The molecular weight excluding hydrogens is 378 g/mol. The summed E-state index contributed by atoms with van der Waals surface area (Å²) in [7, 11) is 0. The van der Waals surface area contributed by atoms with Gasteiger partial charge in [-0.25, -0.2) is 9.78 Å². The zero-order chi connectivity index (χ0) is 21.2. The number of unbranched alkanes of at least 4 members (excludes halogenated alkanes) is 1. The first-order chi connectivity index (χ1) is 14.7. The molecule has 0 aliphatic carbocycles. The lowest BCUT2D eigenvalue weighted by atomic mass is 10.0. The van der Waals surface area contributed by atoms with Crippen LogP contribution in [0.3, 0.4) is 0 Å². The second kappa shape index (κ2) is 11.1. The van der Waals surface area contributed by atoms with E-state index in [1.165, 1.54) is 0 Å². The van der Waals surface area contributed by atoms with Crippen molar-refractivity contribution < 1.29 is 14.6 Å². The van der Waals surface area contributed by atoms with Crippen LogP contribution < -0.4 is 4.90 Å². The molecule has 0 saturated heterocycles. The van der Waals surface area contributed by atoms with E-state index in [4.69, 9.17) is 19.8 Å². The van der Waals surface area contributed by atoms with Crippen molar-refractivity contribution in [2.75, 3.05) is 31.2 Å². The van der Waals surface area contributed by atoms with E-state index in [1.807, 2.05) is 54.7 Å². The molecule has 1 aromatic heterocycles. The van der Waals surface area contributed by atoms with Crippen LogP contribution in [0, 0.1) is 0 Å². The fraction of sp³-hybridized carbons (Fsp3) is 0.292. The Kier molecular flexibility index (Phi) is 7.92. The minimum absolute atomic E-state index is 0.246. The van der Waals surface area contributed by atoms with Crippen LogP contribution in [0.4, 0.5) is 5.82 Å². The summed E-state index contributed by atoms with van der Waals surface area (Å²) in [6.07, 6.45) is 3.51. The van der Waals surface area contributed by atoms with Crippen molar-refractivity contribution >= 4 is 11.8 Å². The number of carboxylic acid groups (broad SMARTS) is 1. The third-order valence-corrected chi connectivity index (χ3v) is 4.75. The fourth-order valence-corrected chi connectivity index (χ4v) is 3.24. The highest BCUT2D eigenvalue weighted by Gasteiger charge is 2.14. The van der Waals surface area contributed by atoms with E-state index >= 15 is 0 Å². The number of nitrogens with zero attached hydrogens (tertiary/aromatic N) is 3. The quantitative estimate of drug-likeness (QED) is 0.473. The smallest absolute Gasteiger partial charge is 0.329 e. The summed E-state index contributed by atoms with van der Waals surface area (Å²) in [5, 5.41) is 8.62. The van der Waals surface area contributed by atoms with Crippen LogP contribution in [0.5, 0.6) is 0 Å². The normalized spacial score (nSPS) is 10.7. The largest absolute Gasteiger partial charge is 0.480 e. The summed E-state index contributed by atoms with van der Waals surface area (Å²) < 4.78 is 5.11. The van der Waals surface area contributed by atoms with E-state index in [0.29, 0.717) is 6.61 Å². The molecule has 6 nitrogen and oxygen atoms in total. The number of aliphatic carboxylic acids is 1. The Morgan fingerprint density at radius 1 is 0.967 bits per heavy atom. The molecule has 30 heavy (non-hydrogen) atoms. The fourth-order valence-electron chi connectivity index (χ4n) is 3.24. The van der Waals surface area contributed by atoms with Gasteiger partial charge in [0.15, 0.2) is 0 Å². The molecule has 0 saturated carbocycles. The van der Waals surface area contributed by atoms with E-state index in [0.717, 1.165) is 54.3 Å². The zero-order valence-electron chi connectivity index (χ0n) is 17.2. The summed E-state index contributed by atoms with van der Waals surface area (Å²) in [6, 6.07) is 20.2. The van der Waals surface area contributed by atoms with Gasteiger partial charge in [0.1, 0.15) is 12.4 Å². The third kappa shape index (κ3) is 5.87. The predicted octanol–water partition coefficient (Wildman–Crippen LogP) is 4.52. The Hall–Kier alpha value is -3.25. The van der Waals surface area contributed by atoms with Gasteiger partial charge in [-0.05, 0) is 19.8 Å². The van der Waals surface area contributed by atoms with Gasteiger partial charge in [-0.2, -0.15) is 0 Å². The number of hydrogen-bond acceptors (Lipinski definition) is 5. The van der Waals surface area contributed by atoms with E-state index in [1.54, 1.807) is 0 Å². The number of carboxylic acids is 1. The molecule has 0 bridgehead atoms. The van der Waals surface area contributed by atoms with E-state index < -0.39 is 5.97 Å². The number of carbonyl (C=O) groups is 1. The number of benzene rings is 2. The highest BCUT2D eigenvalue weighted by atomic mass is 16.5. The van der Waals surface area contributed by atoms with Gasteiger partial charge in [-0.15, -0.1) is 0 Å². The van der Waals surface area contributed by atoms with Gasteiger partial charge in [0.25, 0.3) is 0 Å². The lowest BCUT2D eigenvalue weighted by molar-refractivity contribution is -0.142. The van der Waals surface area contributed by atoms with E-state index in [9.17, 15) is 4.79 Å². The zero-order valence-corrected chi connectivity index (χ0v) is 17.2. The Morgan fingerprint density at radius 2 is 1.60 bits per heavy atom. The van der Waals surface area contributed by atoms with Crippen molar-refractivity contribution in [3.05, 3.63) is 66.9 Å². The van der Waals surface area contributed by atoms with Crippen LogP contribution in [0.25, 0.3) is 22.5 Å². The number of hydrogen-bond donors (Lipinski definition) is 1. The van der Waals surface area contributed by atoms with Gasteiger partial charge in [0.2, 0.25) is 0 Å². The van der Waals surface area contributed by atoms with Crippen LogP contribution in [-0.2, 0) is 9.53 Å². The molecule has 156 valence electrons. The first kappa shape index (κ1) is 21.5. The summed E-state index contributed by atoms with van der Waals surface area (Å²) in [5.41, 5.74) is 3.80. The summed E-state index contributed by atoms with van der Waals surface area (Å²) >= 11 is 0. The molecular formula is C24H27N3O3. The molecule has 3 aromatic rings. The van der Waals surface area contributed by atoms with Crippen molar-refractivity contribution in [1.29, 1.82) is 0 Å². The average molecular weight is 405 g/mol. The van der Waals surface area contributed by atoms with Crippen LogP contribution in [0.15, 0.2) is 66.9 Å². The van der Waals surface area contributed by atoms with Crippen molar-refractivity contribution in [3.63, 3.8) is 0 Å². The molecule has 0 amide bonds. The van der Waals surface area contributed by atoms with Gasteiger partial charge in [-0.1, -0.05) is 60.7 Å². The maximum atomic E-state index is 10.5. The minimum Gasteiger partial charge on any atom is -0.480 e. The number of ether oxygens (including phenoxy) is 1. The lowest BCUT2D eigenvalue weighted by Gasteiger charge is -2.23. The van der Waals surface area contributed by atoms with Gasteiger partial charge in [0, 0.05) is 30.8 Å². The molecule has 0 radical (unpaired) electrons. The first-order valence-corrected chi connectivity index (χ1v) is 10.2. The molecule has 0 spiro atoms. The van der Waals surface area contributed by atoms with Gasteiger partial charge >= 0.3 is 5.97 Å². The van der Waals surface area contributed by atoms with Crippen LogP contribution in [0.1, 0.15) is 19.8 Å². The predicted molar refractivity (Wildman–Crippen MR) is 118 cm³/mol. The summed E-state index contributed by atoms with van der Waals surface area (Å²) in [5.74, 6) is -0.102. The molecule has 1 N–H and O–H groups in total. The van der Waals surface area contributed by atoms with Gasteiger partial charge in [0.05, 0.1) is 17.6 Å². The Labute approximate surface area is 177 Å². The van der Waals surface area contributed by atoms with Crippen LogP contribution in [-0.4, -0.2) is 47.3 Å². The maximum Gasteiger partial charge on any atom is 0.329 e. The number of aromatic nitrogens is 2. The average Bonchev–Trinajstić information content (AvgIpc) is 2.79. The molecule has 2 aromatic carbocycles. The third-order valence-electron chi connectivity index (χ3n) is 4.75. The summed E-state index contributed by atoms with van der Waals surface area (Å²) in [6.45, 7) is 3.90. The second-order valence-electron chi connectivity index (χ2n) is 6.89. The molecule has 1 heterocycles.